The zero-order valence-electron chi connectivity index (χ0n) is 22.1. The monoisotopic (exact) mass is 692 g/mol. The van der Waals surface area contributed by atoms with E-state index in [1.807, 2.05) is 0 Å². The summed E-state index contributed by atoms with van der Waals surface area (Å²) in [6.45, 7) is 9.75. The van der Waals surface area contributed by atoms with Crippen molar-refractivity contribution in [3.05, 3.63) is 106 Å². The third-order valence-corrected chi connectivity index (χ3v) is 28.1. The van der Waals surface area contributed by atoms with Gasteiger partial charge in [-0.05, 0) is 0 Å². The van der Waals surface area contributed by atoms with Crippen LogP contribution in [0, 0.1) is 11.8 Å². The number of hydrogen-bond donors (Lipinski definition) is 0. The van der Waals surface area contributed by atoms with E-state index in [0.717, 1.165) is 7.35 Å². The zero-order valence-corrected chi connectivity index (χ0v) is 27.2. The summed E-state index contributed by atoms with van der Waals surface area (Å²) in [5.74, 6) is 1.21. The van der Waals surface area contributed by atoms with Gasteiger partial charge in [-0.15, -0.1) is 0 Å². The van der Waals surface area contributed by atoms with Gasteiger partial charge < -0.3 is 24.8 Å². The minimum absolute atomic E-state index is 0. The van der Waals surface area contributed by atoms with Gasteiger partial charge in [0.05, 0.1) is 0 Å². The van der Waals surface area contributed by atoms with Crippen LogP contribution in [0.15, 0.2) is 83.9 Å². The number of benzene rings is 4. The summed E-state index contributed by atoms with van der Waals surface area (Å²) < 4.78 is 4.53. The van der Waals surface area contributed by atoms with Crippen molar-refractivity contribution in [1.82, 2.24) is 0 Å². The van der Waals surface area contributed by atoms with Gasteiger partial charge >= 0.3 is 215 Å². The van der Waals surface area contributed by atoms with Crippen LogP contribution in [0.3, 0.4) is 0 Å². The van der Waals surface area contributed by atoms with Crippen LogP contribution in [0.4, 0.5) is 0 Å². The van der Waals surface area contributed by atoms with E-state index in [2.05, 4.69) is 113 Å². The predicted octanol–water partition coefficient (Wildman–Crippen LogP) is 3.89. The van der Waals surface area contributed by atoms with Crippen molar-refractivity contribution in [2.75, 3.05) is 0 Å². The molecule has 1 saturated heterocycles. The second kappa shape index (κ2) is 9.82. The molecular weight excluding hydrogens is 658 g/mol. The molecule has 0 amide bonds. The summed E-state index contributed by atoms with van der Waals surface area (Å²) in [6, 6.07) is 27.9. The average molecular weight is 692 g/mol. The largest absolute Gasteiger partial charge is 1.00 e. The van der Waals surface area contributed by atoms with Gasteiger partial charge in [0.1, 0.15) is 0 Å². The van der Waals surface area contributed by atoms with Crippen LogP contribution in [-0.4, -0.2) is 0 Å². The van der Waals surface area contributed by atoms with E-state index in [1.54, 1.807) is 22.3 Å². The van der Waals surface area contributed by atoms with Gasteiger partial charge in [-0.1, -0.05) is 0 Å². The standard InChI is InChI=1S/2C16H15.C2H4.2ClH.Hf/c2*1-11(2)14-9-13-8-7-12-5-3-4-6-15(12)16(13)10-14;1-2;;;/h2*3-11H,1-2H3;1-2H2;2*1H;/q;;;;;+2/p-2. The molecule has 3 heteroatoms. The van der Waals surface area contributed by atoms with Crippen molar-refractivity contribution in [2.24, 2.45) is 11.8 Å². The second-order valence-corrected chi connectivity index (χ2v) is 28.4. The van der Waals surface area contributed by atoms with Crippen LogP contribution in [0.5, 0.6) is 0 Å². The molecule has 2 atom stereocenters. The summed E-state index contributed by atoms with van der Waals surface area (Å²) in [5.41, 5.74) is 9.90. The van der Waals surface area contributed by atoms with Crippen molar-refractivity contribution < 1.29 is 44.8 Å². The average Bonchev–Trinajstić information content (AvgIpc) is 3.38. The Morgan fingerprint density at radius 3 is 1.35 bits per heavy atom. The molecule has 4 aromatic rings. The van der Waals surface area contributed by atoms with Gasteiger partial charge in [0.15, 0.2) is 0 Å². The predicted molar refractivity (Wildman–Crippen MR) is 149 cm³/mol. The molecule has 0 bridgehead atoms. The molecule has 2 aliphatic carbocycles. The fourth-order valence-corrected chi connectivity index (χ4v) is 36.4. The Morgan fingerprint density at radius 1 is 0.568 bits per heavy atom. The summed E-state index contributed by atoms with van der Waals surface area (Å²) in [4.78, 5) is 0. The van der Waals surface area contributed by atoms with Crippen LogP contribution in [0.2, 0.25) is 8.35 Å². The Balaban J connectivity index is 0.00000140. The Labute approximate surface area is 238 Å². The fraction of sp³-hybridized carbons (Fsp3) is 0.294. The smallest absolute Gasteiger partial charge is 1.00 e. The SMILES string of the molecule is CC(C)C1=Cc2c(ccc3ccccc23)[CH]1[Hf+2]1([CH]2C(C(C)C)=Cc3c2ccc2ccccc32)[CH2][CH2]1.[Cl-].[Cl-]. The van der Waals surface area contributed by atoms with E-state index in [4.69, 9.17) is 0 Å². The van der Waals surface area contributed by atoms with E-state index < -0.39 is 20.0 Å². The quantitative estimate of drug-likeness (QED) is 0.285. The first kappa shape index (κ1) is 26.9. The molecular formula is C34H34Cl2Hf. The molecule has 0 nitrogen and oxygen atoms in total. The first-order chi connectivity index (χ1) is 17.0. The fourth-order valence-electron chi connectivity index (χ4n) is 7.48. The third-order valence-electron chi connectivity index (χ3n) is 9.23. The Hall–Kier alpha value is -1.67. The number of hydrogen-bond acceptors (Lipinski definition) is 0. The molecule has 0 radical (unpaired) electrons. The van der Waals surface area contributed by atoms with Gasteiger partial charge in [-0.25, -0.2) is 0 Å². The zero-order chi connectivity index (χ0) is 23.9. The van der Waals surface area contributed by atoms with Crippen molar-refractivity contribution >= 4 is 33.7 Å². The van der Waals surface area contributed by atoms with Crippen LogP contribution in [-0.2, 0) is 20.0 Å². The van der Waals surface area contributed by atoms with Crippen LogP contribution >= 0.6 is 0 Å². The Bertz CT molecular complexity index is 1460. The summed E-state index contributed by atoms with van der Waals surface area (Å²) >= 11 is -2.82. The van der Waals surface area contributed by atoms with Gasteiger partial charge in [0, 0.05) is 0 Å². The topological polar surface area (TPSA) is 0 Å². The molecule has 3 aliphatic rings. The summed E-state index contributed by atoms with van der Waals surface area (Å²) in [6.07, 6.45) is 5.25. The Kier molecular flexibility index (Phi) is 7.14. The normalized spacial score (nSPS) is 19.9. The van der Waals surface area contributed by atoms with Crippen LogP contribution in [0.25, 0.3) is 33.7 Å². The van der Waals surface area contributed by atoms with Crippen molar-refractivity contribution in [1.29, 1.82) is 0 Å². The van der Waals surface area contributed by atoms with Gasteiger partial charge in [-0.3, -0.25) is 0 Å². The molecule has 1 fully saturated rings. The number of halogens is 2. The van der Waals surface area contributed by atoms with Crippen molar-refractivity contribution in [3.8, 4) is 0 Å². The number of rotatable bonds is 4. The molecule has 1 heterocycles. The van der Waals surface area contributed by atoms with Gasteiger partial charge in [0.2, 0.25) is 0 Å². The molecule has 0 aromatic heterocycles. The van der Waals surface area contributed by atoms with E-state index >= 15 is 0 Å². The molecule has 7 rings (SSSR count). The first-order valence-corrected chi connectivity index (χ1v) is 22.7. The van der Waals surface area contributed by atoms with E-state index in [1.165, 1.54) is 41.0 Å². The van der Waals surface area contributed by atoms with Gasteiger partial charge in [0.25, 0.3) is 0 Å². The Morgan fingerprint density at radius 2 is 0.973 bits per heavy atom. The maximum absolute atomic E-state index is 2.82. The number of fused-ring (bicyclic) bond motifs is 6. The van der Waals surface area contributed by atoms with E-state index in [0.29, 0.717) is 11.8 Å². The second-order valence-electron chi connectivity index (χ2n) is 11.8. The first-order valence-electron chi connectivity index (χ1n) is 13.5. The summed E-state index contributed by atoms with van der Waals surface area (Å²) in [5, 5.41) is 5.67. The molecule has 4 aromatic carbocycles. The molecule has 1 aliphatic heterocycles. The molecule has 188 valence electrons. The van der Waals surface area contributed by atoms with Crippen molar-refractivity contribution in [3.63, 3.8) is 0 Å². The van der Waals surface area contributed by atoms with Crippen molar-refractivity contribution in [2.45, 2.75) is 43.4 Å². The molecule has 0 saturated carbocycles. The molecule has 0 spiro atoms. The van der Waals surface area contributed by atoms with E-state index in [9.17, 15) is 0 Å². The molecule has 2 unspecified atom stereocenters. The van der Waals surface area contributed by atoms with E-state index in [-0.39, 0.29) is 24.8 Å². The minimum atomic E-state index is -2.82. The van der Waals surface area contributed by atoms with Crippen LogP contribution in [0.1, 0.15) is 57.3 Å². The van der Waals surface area contributed by atoms with Gasteiger partial charge in [-0.2, -0.15) is 0 Å². The number of allylic oxidation sites excluding steroid dienone is 2. The molecule has 37 heavy (non-hydrogen) atoms. The third kappa shape index (κ3) is 3.95. The van der Waals surface area contributed by atoms with Crippen LogP contribution < -0.4 is 24.8 Å². The maximum Gasteiger partial charge on any atom is -1.00 e. The minimum Gasteiger partial charge on any atom is -1.00 e. The molecule has 0 N–H and O–H groups in total. The maximum atomic E-state index is 2.63. The summed E-state index contributed by atoms with van der Waals surface area (Å²) in [7, 11) is 0.